The highest BCUT2D eigenvalue weighted by molar-refractivity contribution is 5.89. The highest BCUT2D eigenvalue weighted by Gasteiger charge is 2.50. The number of carbonyl (C=O) groups is 2. The third-order valence-corrected chi connectivity index (χ3v) is 2.28. The van der Waals surface area contributed by atoms with Crippen LogP contribution in [0.3, 0.4) is 0 Å². The number of amides is 1. The Bertz CT molecular complexity index is 241. The van der Waals surface area contributed by atoms with Crippen molar-refractivity contribution in [1.82, 2.24) is 5.06 Å². The van der Waals surface area contributed by atoms with Crippen LogP contribution in [0.25, 0.3) is 0 Å². The molecule has 0 unspecified atom stereocenters. The van der Waals surface area contributed by atoms with Gasteiger partial charge in [0.05, 0.1) is 25.6 Å². The molecule has 0 N–H and O–H groups in total. The van der Waals surface area contributed by atoms with Crippen molar-refractivity contribution in [1.29, 1.82) is 0 Å². The molecule has 5 nitrogen and oxygen atoms in total. The van der Waals surface area contributed by atoms with Gasteiger partial charge in [-0.05, 0) is 13.3 Å². The monoisotopic (exact) mass is 201 g/mol. The van der Waals surface area contributed by atoms with E-state index in [1.807, 2.05) is 0 Å². The molecule has 1 rings (SSSR count). The van der Waals surface area contributed by atoms with Crippen molar-refractivity contribution in [2.45, 2.75) is 13.3 Å². The van der Waals surface area contributed by atoms with Crippen LogP contribution in [-0.4, -0.2) is 37.7 Å². The minimum atomic E-state index is -0.282. The van der Waals surface area contributed by atoms with E-state index < -0.39 is 0 Å². The first-order chi connectivity index (χ1) is 6.61. The summed E-state index contributed by atoms with van der Waals surface area (Å²) in [5.74, 6) is -0.958. The highest BCUT2D eigenvalue weighted by Crippen LogP contribution is 2.40. The zero-order valence-corrected chi connectivity index (χ0v) is 8.65. The number of hydroxylamine groups is 2. The van der Waals surface area contributed by atoms with Gasteiger partial charge < -0.3 is 4.74 Å². The lowest BCUT2D eigenvalue weighted by molar-refractivity contribution is -0.171. The summed E-state index contributed by atoms with van der Waals surface area (Å²) in [5.41, 5.74) is 0. The average Bonchev–Trinajstić information content (AvgIpc) is 2.95. The first-order valence-electron chi connectivity index (χ1n) is 4.60. The van der Waals surface area contributed by atoms with Gasteiger partial charge in [-0.25, -0.2) is 5.06 Å². The predicted octanol–water partition coefficient (Wildman–Crippen LogP) is 0.205. The fraction of sp³-hybridized carbons (Fsp3) is 0.778. The Morgan fingerprint density at radius 1 is 1.43 bits per heavy atom. The van der Waals surface area contributed by atoms with Gasteiger partial charge in [-0.1, -0.05) is 0 Å². The molecule has 2 atom stereocenters. The van der Waals surface area contributed by atoms with Gasteiger partial charge in [-0.3, -0.25) is 14.4 Å². The summed E-state index contributed by atoms with van der Waals surface area (Å²) in [6.45, 7) is 2.11. The van der Waals surface area contributed by atoms with Gasteiger partial charge in [0.2, 0.25) is 5.91 Å². The van der Waals surface area contributed by atoms with Gasteiger partial charge >= 0.3 is 5.97 Å². The molecule has 5 heteroatoms. The van der Waals surface area contributed by atoms with E-state index in [0.29, 0.717) is 13.0 Å². The van der Waals surface area contributed by atoms with Crippen molar-refractivity contribution in [3.8, 4) is 0 Å². The summed E-state index contributed by atoms with van der Waals surface area (Å²) < 4.78 is 4.81. The Labute approximate surface area is 82.9 Å². The van der Waals surface area contributed by atoms with Gasteiger partial charge in [0.25, 0.3) is 0 Å². The second-order valence-corrected chi connectivity index (χ2v) is 3.22. The van der Waals surface area contributed by atoms with E-state index in [0.717, 1.165) is 5.06 Å². The molecule has 0 aromatic carbocycles. The lowest BCUT2D eigenvalue weighted by Crippen LogP contribution is -2.28. The normalized spacial score (nSPS) is 24.2. The Hall–Kier alpha value is -1.10. The standard InChI is InChI=1S/C9H15NO4/c1-4-14-9(12)7-5-6(7)8(11)10(2)13-3/h6-7H,4-5H2,1-3H3/t6-,7-/m1/s1. The maximum atomic E-state index is 11.4. The molecule has 1 fully saturated rings. The summed E-state index contributed by atoms with van der Waals surface area (Å²) >= 11 is 0. The molecule has 0 saturated heterocycles. The lowest BCUT2D eigenvalue weighted by atomic mass is 10.3. The van der Waals surface area contributed by atoms with E-state index in [9.17, 15) is 9.59 Å². The third-order valence-electron chi connectivity index (χ3n) is 2.28. The maximum Gasteiger partial charge on any atom is 0.309 e. The molecule has 1 aliphatic rings. The number of nitrogens with zero attached hydrogens (tertiary/aromatic N) is 1. The van der Waals surface area contributed by atoms with Crippen LogP contribution in [0, 0.1) is 11.8 Å². The summed E-state index contributed by atoms with van der Waals surface area (Å²) in [4.78, 5) is 27.4. The van der Waals surface area contributed by atoms with Gasteiger partial charge in [0.15, 0.2) is 0 Å². The minimum Gasteiger partial charge on any atom is -0.466 e. The third kappa shape index (κ3) is 2.23. The molecule has 0 aliphatic heterocycles. The van der Waals surface area contributed by atoms with Crippen molar-refractivity contribution >= 4 is 11.9 Å². The quantitative estimate of drug-likeness (QED) is 0.482. The average molecular weight is 201 g/mol. The summed E-state index contributed by atoms with van der Waals surface area (Å²) in [5, 5.41) is 1.14. The van der Waals surface area contributed by atoms with Crippen molar-refractivity contribution in [2.24, 2.45) is 11.8 Å². The molecule has 1 amide bonds. The van der Waals surface area contributed by atoms with Gasteiger partial charge in [0.1, 0.15) is 0 Å². The zero-order chi connectivity index (χ0) is 10.7. The summed E-state index contributed by atoms with van der Waals surface area (Å²) in [7, 11) is 2.95. The molecular weight excluding hydrogens is 186 g/mol. The SMILES string of the molecule is CCOC(=O)[C@@H]1C[C@H]1C(=O)N(C)OC. The molecule has 1 saturated carbocycles. The van der Waals surface area contributed by atoms with Crippen molar-refractivity contribution in [2.75, 3.05) is 20.8 Å². The van der Waals surface area contributed by atoms with Crippen LogP contribution < -0.4 is 0 Å². The van der Waals surface area contributed by atoms with E-state index in [1.54, 1.807) is 6.92 Å². The van der Waals surface area contributed by atoms with Crippen molar-refractivity contribution in [3.63, 3.8) is 0 Å². The molecule has 1 aliphatic carbocycles. The summed E-state index contributed by atoms with van der Waals surface area (Å²) in [6.07, 6.45) is 0.575. The number of rotatable bonds is 4. The van der Waals surface area contributed by atoms with Gasteiger partial charge in [0, 0.05) is 7.05 Å². The molecule has 0 spiro atoms. The number of carbonyl (C=O) groups excluding carboxylic acids is 2. The Morgan fingerprint density at radius 2 is 2.07 bits per heavy atom. The van der Waals surface area contributed by atoms with Crippen LogP contribution in [0.4, 0.5) is 0 Å². The smallest absolute Gasteiger partial charge is 0.309 e. The topological polar surface area (TPSA) is 55.8 Å². The lowest BCUT2D eigenvalue weighted by Gasteiger charge is -2.12. The number of hydrogen-bond acceptors (Lipinski definition) is 4. The molecular formula is C9H15NO4. The second-order valence-electron chi connectivity index (χ2n) is 3.22. The highest BCUT2D eigenvalue weighted by atomic mass is 16.7. The van der Waals surface area contributed by atoms with Crippen LogP contribution in [0.2, 0.25) is 0 Å². The number of esters is 1. The molecule has 80 valence electrons. The molecule has 0 radical (unpaired) electrons. The van der Waals surface area contributed by atoms with E-state index in [-0.39, 0.29) is 23.7 Å². The Balaban J connectivity index is 2.38. The molecule has 0 heterocycles. The molecule has 0 bridgehead atoms. The van der Waals surface area contributed by atoms with Crippen molar-refractivity contribution in [3.05, 3.63) is 0 Å². The second kappa shape index (κ2) is 4.41. The fourth-order valence-corrected chi connectivity index (χ4v) is 1.30. The fourth-order valence-electron chi connectivity index (χ4n) is 1.30. The van der Waals surface area contributed by atoms with Crippen molar-refractivity contribution < 1.29 is 19.2 Å². The van der Waals surface area contributed by atoms with Crippen LogP contribution in [0.15, 0.2) is 0 Å². The van der Waals surface area contributed by atoms with Gasteiger partial charge in [-0.15, -0.1) is 0 Å². The first-order valence-corrected chi connectivity index (χ1v) is 4.60. The largest absolute Gasteiger partial charge is 0.466 e. The number of hydrogen-bond donors (Lipinski definition) is 0. The first kappa shape index (κ1) is 11.0. The number of ether oxygens (including phenoxy) is 1. The van der Waals surface area contributed by atoms with Crippen LogP contribution in [0.5, 0.6) is 0 Å². The molecule has 0 aromatic heterocycles. The van der Waals surface area contributed by atoms with E-state index in [4.69, 9.17) is 9.57 Å². The molecule has 0 aromatic rings. The van der Waals surface area contributed by atoms with Crippen LogP contribution in [0.1, 0.15) is 13.3 Å². The predicted molar refractivity (Wildman–Crippen MR) is 48.0 cm³/mol. The zero-order valence-electron chi connectivity index (χ0n) is 8.65. The van der Waals surface area contributed by atoms with E-state index >= 15 is 0 Å². The van der Waals surface area contributed by atoms with Gasteiger partial charge in [-0.2, -0.15) is 0 Å². The molecule has 14 heavy (non-hydrogen) atoms. The van der Waals surface area contributed by atoms with E-state index in [1.165, 1.54) is 14.2 Å². The minimum absolute atomic E-state index is 0.162. The van der Waals surface area contributed by atoms with Crippen LogP contribution >= 0.6 is 0 Å². The van der Waals surface area contributed by atoms with E-state index in [2.05, 4.69) is 0 Å². The Morgan fingerprint density at radius 3 is 2.57 bits per heavy atom. The Kier molecular flexibility index (Phi) is 3.46. The maximum absolute atomic E-state index is 11.4. The summed E-state index contributed by atoms with van der Waals surface area (Å²) in [6, 6.07) is 0. The van der Waals surface area contributed by atoms with Crippen LogP contribution in [-0.2, 0) is 19.2 Å².